The highest BCUT2D eigenvalue weighted by Crippen LogP contribution is 2.21. The Morgan fingerprint density at radius 3 is 2.12 bits per heavy atom. The van der Waals surface area contributed by atoms with Crippen LogP contribution in [0.5, 0.6) is 0 Å². The number of aromatic nitrogens is 3. The molecule has 1 N–H and O–H groups in total. The summed E-state index contributed by atoms with van der Waals surface area (Å²) in [6, 6.07) is 18.6. The van der Waals surface area contributed by atoms with Crippen LogP contribution in [0.4, 0.5) is 4.39 Å². The van der Waals surface area contributed by atoms with Crippen LogP contribution in [0.3, 0.4) is 0 Å². The molecule has 0 spiro atoms. The Labute approximate surface area is 196 Å². The first kappa shape index (κ1) is 25.0. The van der Waals surface area contributed by atoms with Gasteiger partial charge in [-0.1, -0.05) is 48.5 Å². The van der Waals surface area contributed by atoms with Crippen LogP contribution in [0.15, 0.2) is 67.0 Å². The molecule has 1 aliphatic heterocycles. The minimum Gasteiger partial charge on any atom is -0.390 e. The van der Waals surface area contributed by atoms with E-state index in [1.807, 2.05) is 26.2 Å². The lowest BCUT2D eigenvalue weighted by molar-refractivity contribution is 0.0418. The van der Waals surface area contributed by atoms with Crippen molar-refractivity contribution in [1.82, 2.24) is 24.6 Å². The number of hydrogen-bond donors (Lipinski definition) is 1. The van der Waals surface area contributed by atoms with Crippen molar-refractivity contribution in [3.05, 3.63) is 84.2 Å². The molecule has 6 nitrogen and oxygen atoms in total. The van der Waals surface area contributed by atoms with Gasteiger partial charge in [0.15, 0.2) is 0 Å². The number of hydrogen-bond acceptors (Lipinski definition) is 5. The molecule has 2 aromatic carbocycles. The van der Waals surface area contributed by atoms with Gasteiger partial charge in [0.05, 0.1) is 18.2 Å². The van der Waals surface area contributed by atoms with E-state index in [0.717, 1.165) is 51.5 Å². The van der Waals surface area contributed by atoms with Gasteiger partial charge in [-0.25, -0.2) is 4.39 Å². The van der Waals surface area contributed by atoms with E-state index in [1.165, 1.54) is 17.7 Å². The zero-order valence-electron chi connectivity index (χ0n) is 19.9. The van der Waals surface area contributed by atoms with E-state index in [9.17, 15) is 9.50 Å². The van der Waals surface area contributed by atoms with Crippen molar-refractivity contribution in [2.24, 2.45) is 0 Å². The second kappa shape index (κ2) is 12.0. The van der Waals surface area contributed by atoms with Gasteiger partial charge < -0.3 is 14.6 Å². The van der Waals surface area contributed by atoms with Crippen molar-refractivity contribution >= 4 is 0 Å². The summed E-state index contributed by atoms with van der Waals surface area (Å²) in [5.74, 6) is 0.848. The van der Waals surface area contributed by atoms with E-state index >= 15 is 0 Å². The Morgan fingerprint density at radius 1 is 0.970 bits per heavy atom. The van der Waals surface area contributed by atoms with Crippen molar-refractivity contribution in [2.45, 2.75) is 45.4 Å². The van der Waals surface area contributed by atoms with Crippen LogP contribution in [-0.4, -0.2) is 68.0 Å². The third-order valence-electron chi connectivity index (χ3n) is 5.94. The summed E-state index contributed by atoms with van der Waals surface area (Å²) < 4.78 is 14.1. The molecule has 1 aliphatic rings. The van der Waals surface area contributed by atoms with Crippen molar-refractivity contribution in [3.63, 3.8) is 0 Å². The van der Waals surface area contributed by atoms with Gasteiger partial charge in [0.2, 0.25) is 0 Å². The molecule has 1 atom stereocenters. The zero-order valence-corrected chi connectivity index (χ0v) is 19.9. The first-order valence-corrected chi connectivity index (χ1v) is 11.6. The van der Waals surface area contributed by atoms with Crippen LogP contribution in [0.1, 0.15) is 44.6 Å². The molecule has 2 heterocycles. The van der Waals surface area contributed by atoms with E-state index in [-0.39, 0.29) is 11.9 Å². The fourth-order valence-electron chi connectivity index (χ4n) is 3.87. The molecular formula is C26H36FN5O. The van der Waals surface area contributed by atoms with E-state index in [4.69, 9.17) is 0 Å². The number of rotatable bonds is 7. The van der Waals surface area contributed by atoms with E-state index < -0.39 is 5.60 Å². The topological polar surface area (TPSA) is 57.4 Å². The fourth-order valence-corrected chi connectivity index (χ4v) is 3.87. The number of aliphatic hydroxyl groups is 1. The minimum absolute atomic E-state index is 0.178. The Morgan fingerprint density at radius 2 is 1.58 bits per heavy atom. The van der Waals surface area contributed by atoms with E-state index in [2.05, 4.69) is 55.8 Å². The van der Waals surface area contributed by atoms with Crippen LogP contribution in [-0.2, 0) is 6.54 Å². The molecule has 0 amide bonds. The van der Waals surface area contributed by atoms with Crippen molar-refractivity contribution < 1.29 is 9.50 Å². The maximum absolute atomic E-state index is 11.9. The summed E-state index contributed by atoms with van der Waals surface area (Å²) in [7, 11) is 0. The molecule has 1 fully saturated rings. The molecule has 0 aliphatic carbocycles. The molecule has 178 valence electrons. The molecule has 1 aromatic heterocycles. The van der Waals surface area contributed by atoms with Crippen molar-refractivity contribution in [2.75, 3.05) is 32.7 Å². The quantitative estimate of drug-likeness (QED) is 0.586. The van der Waals surface area contributed by atoms with Crippen LogP contribution in [0.25, 0.3) is 0 Å². The summed E-state index contributed by atoms with van der Waals surface area (Å²) in [6.07, 6.45) is 2.65. The molecule has 33 heavy (non-hydrogen) atoms. The van der Waals surface area contributed by atoms with Crippen molar-refractivity contribution in [1.29, 1.82) is 0 Å². The van der Waals surface area contributed by atoms with Gasteiger partial charge in [-0.3, -0.25) is 4.90 Å². The highest BCUT2D eigenvalue weighted by Gasteiger charge is 2.26. The molecule has 1 saturated heterocycles. The molecule has 0 saturated carbocycles. The first-order valence-electron chi connectivity index (χ1n) is 11.6. The predicted octanol–water partition coefficient (Wildman–Crippen LogP) is 3.99. The summed E-state index contributed by atoms with van der Waals surface area (Å²) in [4.78, 5) is 4.92. The number of nitrogens with zero attached hydrogens (tertiary/aromatic N) is 5. The van der Waals surface area contributed by atoms with Crippen LogP contribution in [0.2, 0.25) is 0 Å². The molecule has 4 rings (SSSR count). The predicted molar refractivity (Wildman–Crippen MR) is 129 cm³/mol. The van der Waals surface area contributed by atoms with Crippen molar-refractivity contribution in [3.8, 4) is 0 Å². The monoisotopic (exact) mass is 453 g/mol. The Hall–Kier alpha value is -2.61. The zero-order chi connectivity index (χ0) is 23.7. The maximum Gasteiger partial charge on any atom is 0.150 e. The largest absolute Gasteiger partial charge is 0.390 e. The van der Waals surface area contributed by atoms with Gasteiger partial charge in [-0.05, 0) is 44.9 Å². The van der Waals surface area contributed by atoms with Crippen LogP contribution < -0.4 is 0 Å². The van der Waals surface area contributed by atoms with Gasteiger partial charge >= 0.3 is 0 Å². The molecule has 3 aromatic rings. The van der Waals surface area contributed by atoms with Gasteiger partial charge in [0.25, 0.3) is 0 Å². The lowest BCUT2D eigenvalue weighted by atomic mass is 10.1. The summed E-state index contributed by atoms with van der Waals surface area (Å²) >= 11 is 0. The third-order valence-corrected chi connectivity index (χ3v) is 5.94. The highest BCUT2D eigenvalue weighted by molar-refractivity contribution is 5.15. The van der Waals surface area contributed by atoms with Gasteiger partial charge in [0.1, 0.15) is 18.0 Å². The molecule has 0 radical (unpaired) electrons. The molecule has 1 unspecified atom stereocenters. The van der Waals surface area contributed by atoms with Gasteiger partial charge in [-0.2, -0.15) is 0 Å². The van der Waals surface area contributed by atoms with Crippen LogP contribution in [0, 0.1) is 5.82 Å². The van der Waals surface area contributed by atoms with E-state index in [0.29, 0.717) is 0 Å². The standard InChI is InChI=1S/C20H31N5O.C6H5F/c1-17(24-13-11-23(12-14-24)10-9-20(2,3)26)19-22-21-16-25(19)15-18-7-5-4-6-8-18;7-6-4-2-1-3-5-6/h4-8,16-17,26H,9-15H2,1-3H3;1-5H. The van der Waals surface area contributed by atoms with Gasteiger partial charge in [-0.15, -0.1) is 10.2 Å². The Balaban J connectivity index is 0.000000374. The average molecular weight is 454 g/mol. The van der Waals surface area contributed by atoms with Gasteiger partial charge in [0, 0.05) is 32.7 Å². The highest BCUT2D eigenvalue weighted by atomic mass is 19.1. The average Bonchev–Trinajstić information content (AvgIpc) is 3.27. The molecule has 0 bridgehead atoms. The normalized spacial score (nSPS) is 16.2. The first-order chi connectivity index (χ1) is 15.8. The Kier molecular flexibility index (Phi) is 9.11. The maximum atomic E-state index is 11.9. The Bertz CT molecular complexity index is 934. The number of halogens is 1. The fraction of sp³-hybridized carbons (Fsp3) is 0.462. The second-order valence-electron chi connectivity index (χ2n) is 9.21. The number of benzene rings is 2. The molecular weight excluding hydrogens is 417 g/mol. The summed E-state index contributed by atoms with van der Waals surface area (Å²) in [5, 5.41) is 18.5. The SMILES string of the molecule is CC(c1nncn1Cc1ccccc1)N1CCN(CCC(C)(C)O)CC1.Fc1ccccc1. The smallest absolute Gasteiger partial charge is 0.150 e. The van der Waals surface area contributed by atoms with E-state index in [1.54, 1.807) is 18.2 Å². The summed E-state index contributed by atoms with van der Waals surface area (Å²) in [5.41, 5.74) is 0.676. The lowest BCUT2D eigenvalue weighted by Gasteiger charge is -2.38. The lowest BCUT2D eigenvalue weighted by Crippen LogP contribution is -2.48. The minimum atomic E-state index is -0.585. The third kappa shape index (κ3) is 8.35. The summed E-state index contributed by atoms with van der Waals surface area (Å²) in [6.45, 7) is 11.8. The van der Waals surface area contributed by atoms with Crippen LogP contribution >= 0.6 is 0 Å². The molecule has 7 heteroatoms. The second-order valence-corrected chi connectivity index (χ2v) is 9.21. The number of piperazine rings is 1.